The predicted octanol–water partition coefficient (Wildman–Crippen LogP) is 3.18. The van der Waals surface area contributed by atoms with E-state index in [4.69, 9.17) is 0 Å². The van der Waals surface area contributed by atoms with Gasteiger partial charge in [0.2, 0.25) is 0 Å². The quantitative estimate of drug-likeness (QED) is 0.832. The lowest BCUT2D eigenvalue weighted by atomic mass is 9.81. The zero-order valence-corrected chi connectivity index (χ0v) is 15.5. The molecule has 0 amide bonds. The topological polar surface area (TPSA) is 47.1 Å². The number of hydrogen-bond acceptors (Lipinski definition) is 3. The SMILES string of the molecule is CC(C)(C)[S+]([O-])NC1(Cc2ccccc2)CCC2(CCNC2)C1. The van der Waals surface area contributed by atoms with Crippen LogP contribution in [0.1, 0.15) is 52.0 Å². The Kier molecular flexibility index (Phi) is 4.81. The van der Waals surface area contributed by atoms with Gasteiger partial charge < -0.3 is 9.87 Å². The van der Waals surface area contributed by atoms with Crippen molar-refractivity contribution in [3.8, 4) is 0 Å². The highest BCUT2D eigenvalue weighted by atomic mass is 32.2. The van der Waals surface area contributed by atoms with Crippen molar-refractivity contribution in [2.24, 2.45) is 5.41 Å². The Morgan fingerprint density at radius 1 is 1.17 bits per heavy atom. The van der Waals surface area contributed by atoms with Gasteiger partial charge in [0.25, 0.3) is 0 Å². The van der Waals surface area contributed by atoms with Gasteiger partial charge in [0, 0.05) is 17.9 Å². The first kappa shape index (κ1) is 17.3. The van der Waals surface area contributed by atoms with Gasteiger partial charge >= 0.3 is 0 Å². The summed E-state index contributed by atoms with van der Waals surface area (Å²) in [6.45, 7) is 8.40. The third-order valence-corrected chi connectivity index (χ3v) is 7.16. The Balaban J connectivity index is 1.81. The molecule has 1 saturated carbocycles. The molecule has 1 aliphatic carbocycles. The minimum absolute atomic E-state index is 0.0362. The molecule has 3 atom stereocenters. The van der Waals surface area contributed by atoms with Gasteiger partial charge in [-0.15, -0.1) is 4.72 Å². The Morgan fingerprint density at radius 3 is 2.52 bits per heavy atom. The van der Waals surface area contributed by atoms with E-state index in [2.05, 4.69) is 40.4 Å². The fraction of sp³-hybridized carbons (Fsp3) is 0.684. The smallest absolute Gasteiger partial charge is 0.136 e. The summed E-state index contributed by atoms with van der Waals surface area (Å²) in [7, 11) is 0. The first-order chi connectivity index (χ1) is 10.8. The monoisotopic (exact) mass is 334 g/mol. The van der Waals surface area contributed by atoms with Crippen molar-refractivity contribution >= 4 is 11.4 Å². The molecule has 3 rings (SSSR count). The number of nitrogens with one attached hydrogen (secondary N) is 2. The number of rotatable bonds is 4. The predicted molar refractivity (Wildman–Crippen MR) is 97.7 cm³/mol. The average molecular weight is 335 g/mol. The molecule has 3 unspecified atom stereocenters. The van der Waals surface area contributed by atoms with E-state index in [1.165, 1.54) is 18.4 Å². The van der Waals surface area contributed by atoms with Crippen LogP contribution in [-0.2, 0) is 17.8 Å². The molecular formula is C19H30N2OS. The molecule has 1 aliphatic heterocycles. The van der Waals surface area contributed by atoms with Crippen LogP contribution in [-0.4, -0.2) is 27.9 Å². The summed E-state index contributed by atoms with van der Waals surface area (Å²) >= 11 is -1.03. The second-order valence-corrected chi connectivity index (χ2v) is 10.5. The first-order valence-electron chi connectivity index (χ1n) is 8.77. The molecule has 0 radical (unpaired) electrons. The van der Waals surface area contributed by atoms with Crippen molar-refractivity contribution in [1.82, 2.24) is 10.0 Å². The first-order valence-corrected chi connectivity index (χ1v) is 9.92. The van der Waals surface area contributed by atoms with Crippen LogP contribution >= 0.6 is 0 Å². The summed E-state index contributed by atoms with van der Waals surface area (Å²) in [6, 6.07) is 10.7. The van der Waals surface area contributed by atoms with Gasteiger partial charge in [-0.1, -0.05) is 30.3 Å². The maximum Gasteiger partial charge on any atom is 0.136 e. The van der Waals surface area contributed by atoms with Crippen LogP contribution in [0.25, 0.3) is 0 Å². The maximum absolute atomic E-state index is 12.8. The molecule has 1 spiro atoms. The molecular weight excluding hydrogens is 304 g/mol. The van der Waals surface area contributed by atoms with E-state index in [0.29, 0.717) is 5.41 Å². The van der Waals surface area contributed by atoms with E-state index in [9.17, 15) is 4.55 Å². The Hall–Kier alpha value is -0.550. The minimum atomic E-state index is -1.03. The van der Waals surface area contributed by atoms with E-state index < -0.39 is 11.4 Å². The van der Waals surface area contributed by atoms with Gasteiger partial charge in [-0.05, 0) is 70.4 Å². The molecule has 2 fully saturated rings. The summed E-state index contributed by atoms with van der Waals surface area (Å²) in [4.78, 5) is 0. The van der Waals surface area contributed by atoms with Gasteiger partial charge in [0.15, 0.2) is 0 Å². The molecule has 2 aliphatic rings. The van der Waals surface area contributed by atoms with Gasteiger partial charge in [-0.25, -0.2) is 0 Å². The van der Waals surface area contributed by atoms with Crippen LogP contribution in [0.4, 0.5) is 0 Å². The van der Waals surface area contributed by atoms with Crippen molar-refractivity contribution in [2.45, 2.75) is 63.2 Å². The third-order valence-electron chi connectivity index (χ3n) is 5.43. The van der Waals surface area contributed by atoms with Gasteiger partial charge in [0.1, 0.15) is 4.75 Å². The van der Waals surface area contributed by atoms with E-state index in [-0.39, 0.29) is 10.3 Å². The lowest BCUT2D eigenvalue weighted by Gasteiger charge is -2.36. The summed E-state index contributed by atoms with van der Waals surface area (Å²) in [5.74, 6) is 0. The van der Waals surface area contributed by atoms with Crippen LogP contribution in [0.5, 0.6) is 0 Å². The highest BCUT2D eigenvalue weighted by Gasteiger charge is 2.52. The van der Waals surface area contributed by atoms with Crippen molar-refractivity contribution in [3.05, 3.63) is 35.9 Å². The van der Waals surface area contributed by atoms with Crippen molar-refractivity contribution < 1.29 is 4.55 Å². The van der Waals surface area contributed by atoms with Crippen molar-refractivity contribution in [2.75, 3.05) is 13.1 Å². The van der Waals surface area contributed by atoms with Gasteiger partial charge in [0.05, 0.1) is 5.54 Å². The van der Waals surface area contributed by atoms with Crippen LogP contribution in [0.3, 0.4) is 0 Å². The molecule has 2 N–H and O–H groups in total. The molecule has 0 bridgehead atoms. The molecule has 23 heavy (non-hydrogen) atoms. The second kappa shape index (κ2) is 6.40. The van der Waals surface area contributed by atoms with Gasteiger partial charge in [-0.3, -0.25) is 0 Å². The lowest BCUT2D eigenvalue weighted by Crippen LogP contribution is -2.53. The van der Waals surface area contributed by atoms with Crippen molar-refractivity contribution in [1.29, 1.82) is 0 Å². The van der Waals surface area contributed by atoms with Crippen LogP contribution in [0.2, 0.25) is 0 Å². The third kappa shape index (κ3) is 3.93. The standard InChI is InChI=1S/C19H30N2OS/c1-17(2,3)23(22)21-19(13-16-7-5-4-6-8-16)10-9-18(14-19)11-12-20-15-18/h4-8,20-21H,9-15H2,1-3H3. The summed E-state index contributed by atoms with van der Waals surface area (Å²) in [5.41, 5.74) is 1.71. The van der Waals surface area contributed by atoms with E-state index in [1.807, 2.05) is 20.8 Å². The zero-order valence-electron chi connectivity index (χ0n) is 14.7. The summed E-state index contributed by atoms with van der Waals surface area (Å²) in [5, 5.41) is 3.54. The highest BCUT2D eigenvalue weighted by molar-refractivity contribution is 7.90. The fourth-order valence-corrected chi connectivity index (χ4v) is 5.12. The molecule has 0 aromatic heterocycles. The fourth-order valence-electron chi connectivity index (χ4n) is 4.17. The maximum atomic E-state index is 12.8. The van der Waals surface area contributed by atoms with Crippen LogP contribution in [0.15, 0.2) is 30.3 Å². The average Bonchev–Trinajstić information content (AvgIpc) is 3.07. The van der Waals surface area contributed by atoms with Crippen LogP contribution < -0.4 is 10.0 Å². The highest BCUT2D eigenvalue weighted by Crippen LogP contribution is 2.49. The van der Waals surface area contributed by atoms with E-state index in [0.717, 1.165) is 32.4 Å². The Labute approximate surface area is 143 Å². The zero-order chi connectivity index (χ0) is 16.6. The number of benzene rings is 1. The van der Waals surface area contributed by atoms with Gasteiger partial charge in [-0.2, -0.15) is 0 Å². The Morgan fingerprint density at radius 2 is 1.91 bits per heavy atom. The number of hydrogen-bond donors (Lipinski definition) is 2. The summed E-state index contributed by atoms with van der Waals surface area (Å²) in [6.07, 6.45) is 5.71. The molecule has 1 aromatic carbocycles. The summed E-state index contributed by atoms with van der Waals surface area (Å²) < 4.78 is 16.2. The largest absolute Gasteiger partial charge is 0.598 e. The molecule has 3 nitrogen and oxygen atoms in total. The molecule has 1 heterocycles. The van der Waals surface area contributed by atoms with E-state index >= 15 is 0 Å². The lowest BCUT2D eigenvalue weighted by molar-refractivity contribution is 0.288. The normalized spacial score (nSPS) is 32.5. The second-order valence-electron chi connectivity index (χ2n) is 8.53. The van der Waals surface area contributed by atoms with Crippen molar-refractivity contribution in [3.63, 3.8) is 0 Å². The Bertz CT molecular complexity index is 522. The molecule has 128 valence electrons. The molecule has 4 heteroatoms. The molecule has 1 saturated heterocycles. The van der Waals surface area contributed by atoms with E-state index in [1.54, 1.807) is 0 Å². The molecule has 1 aromatic rings. The minimum Gasteiger partial charge on any atom is -0.598 e. The van der Waals surface area contributed by atoms with Crippen LogP contribution in [0, 0.1) is 5.41 Å².